The van der Waals surface area contributed by atoms with Crippen molar-refractivity contribution in [1.29, 1.82) is 0 Å². The van der Waals surface area contributed by atoms with E-state index >= 15 is 0 Å². The van der Waals surface area contributed by atoms with Gasteiger partial charge in [0.2, 0.25) is 5.91 Å². The Morgan fingerprint density at radius 1 is 1.40 bits per heavy atom. The molecule has 0 spiro atoms. The lowest BCUT2D eigenvalue weighted by Crippen LogP contribution is -2.42. The molecule has 1 aromatic carbocycles. The summed E-state index contributed by atoms with van der Waals surface area (Å²) < 4.78 is 0. The van der Waals surface area contributed by atoms with Gasteiger partial charge in [-0.3, -0.25) is 9.59 Å². The van der Waals surface area contributed by atoms with Gasteiger partial charge in [-0.2, -0.15) is 0 Å². The lowest BCUT2D eigenvalue weighted by Gasteiger charge is -2.30. The van der Waals surface area contributed by atoms with E-state index in [0.717, 1.165) is 24.1 Å². The van der Waals surface area contributed by atoms with Gasteiger partial charge in [-0.25, -0.2) is 0 Å². The van der Waals surface area contributed by atoms with Gasteiger partial charge in [-0.1, -0.05) is 0 Å². The molecular weight excluding hydrogens is 256 g/mol. The molecule has 0 bridgehead atoms. The number of aryl methyl sites for hydroxylation is 1. The Morgan fingerprint density at radius 2 is 2.10 bits per heavy atom. The lowest BCUT2D eigenvalue weighted by molar-refractivity contribution is -0.146. The second kappa shape index (κ2) is 5.15. The van der Waals surface area contributed by atoms with Crippen LogP contribution in [0.15, 0.2) is 18.2 Å². The summed E-state index contributed by atoms with van der Waals surface area (Å²) in [6, 6.07) is 5.43. The Morgan fingerprint density at radius 3 is 2.75 bits per heavy atom. The van der Waals surface area contributed by atoms with E-state index in [-0.39, 0.29) is 12.5 Å². The zero-order chi connectivity index (χ0) is 14.9. The van der Waals surface area contributed by atoms with Crippen LogP contribution in [-0.4, -0.2) is 23.5 Å². The average Bonchev–Trinajstić information content (AvgIpc) is 2.49. The van der Waals surface area contributed by atoms with Gasteiger partial charge in [0.15, 0.2) is 0 Å². The van der Waals surface area contributed by atoms with Crippen molar-refractivity contribution in [3.8, 4) is 0 Å². The first-order chi connectivity index (χ1) is 9.31. The number of carbonyl (C=O) groups excluding carboxylic acids is 1. The normalized spacial score (nSPS) is 15.7. The lowest BCUT2D eigenvalue weighted by atomic mass is 9.92. The fraction of sp³-hybridized carbons (Fsp3) is 0.467. The Labute approximate surface area is 118 Å². The maximum atomic E-state index is 12.3. The van der Waals surface area contributed by atoms with Crippen molar-refractivity contribution in [2.75, 3.05) is 17.2 Å². The summed E-state index contributed by atoms with van der Waals surface area (Å²) >= 11 is 0. The molecule has 0 fully saturated rings. The molecule has 1 amide bonds. The molecule has 0 saturated carbocycles. The van der Waals surface area contributed by atoms with Crippen LogP contribution in [-0.2, 0) is 16.0 Å². The number of benzene rings is 1. The third kappa shape index (κ3) is 2.76. The van der Waals surface area contributed by atoms with Crippen LogP contribution in [0.5, 0.6) is 0 Å². The maximum absolute atomic E-state index is 12.3. The van der Waals surface area contributed by atoms with Crippen molar-refractivity contribution in [2.45, 2.75) is 33.1 Å². The summed E-state index contributed by atoms with van der Waals surface area (Å²) in [5, 5.41) is 9.26. The number of rotatable bonds is 3. The zero-order valence-corrected chi connectivity index (χ0v) is 11.8. The molecule has 1 aromatic rings. The van der Waals surface area contributed by atoms with Gasteiger partial charge in [0, 0.05) is 24.3 Å². The molecule has 5 nitrogen and oxygen atoms in total. The van der Waals surface area contributed by atoms with Crippen molar-refractivity contribution in [1.82, 2.24) is 0 Å². The summed E-state index contributed by atoms with van der Waals surface area (Å²) in [4.78, 5) is 25.2. The minimum atomic E-state index is -0.987. The van der Waals surface area contributed by atoms with E-state index in [1.54, 1.807) is 24.8 Å². The minimum absolute atomic E-state index is 0.0251. The molecule has 0 aromatic heterocycles. The SMILES string of the molecule is CC(C)(CN1C(=O)CCCc2cc(N)ccc21)C(=O)O. The van der Waals surface area contributed by atoms with E-state index in [1.807, 2.05) is 12.1 Å². The Hall–Kier alpha value is -2.04. The molecule has 3 N–H and O–H groups in total. The summed E-state index contributed by atoms with van der Waals surface area (Å²) in [7, 11) is 0. The number of fused-ring (bicyclic) bond motifs is 1. The van der Waals surface area contributed by atoms with Crippen LogP contribution in [0, 0.1) is 5.41 Å². The molecule has 20 heavy (non-hydrogen) atoms. The van der Waals surface area contributed by atoms with Crippen molar-refractivity contribution in [2.24, 2.45) is 5.41 Å². The molecule has 0 aliphatic carbocycles. The van der Waals surface area contributed by atoms with Crippen molar-refractivity contribution in [3.63, 3.8) is 0 Å². The van der Waals surface area contributed by atoms with Crippen LogP contribution in [0.1, 0.15) is 32.3 Å². The first kappa shape index (κ1) is 14.4. The fourth-order valence-corrected chi connectivity index (χ4v) is 2.40. The summed E-state index contributed by atoms with van der Waals surface area (Å²) in [6.45, 7) is 3.42. The minimum Gasteiger partial charge on any atom is -0.481 e. The number of carboxylic acid groups (broad SMARTS) is 1. The van der Waals surface area contributed by atoms with Crippen molar-refractivity contribution < 1.29 is 14.7 Å². The number of carbonyl (C=O) groups is 2. The predicted molar refractivity (Wildman–Crippen MR) is 77.6 cm³/mol. The summed E-state index contributed by atoms with van der Waals surface area (Å²) in [6.07, 6.45) is 1.99. The van der Waals surface area contributed by atoms with Crippen LogP contribution in [0.25, 0.3) is 0 Å². The monoisotopic (exact) mass is 276 g/mol. The van der Waals surface area contributed by atoms with E-state index in [9.17, 15) is 14.7 Å². The third-order valence-corrected chi connectivity index (χ3v) is 3.66. The van der Waals surface area contributed by atoms with Crippen LogP contribution in [0.2, 0.25) is 0 Å². The number of nitrogens with zero attached hydrogens (tertiary/aromatic N) is 1. The van der Waals surface area contributed by atoms with Gasteiger partial charge < -0.3 is 15.7 Å². The number of amides is 1. The third-order valence-electron chi connectivity index (χ3n) is 3.66. The first-order valence-corrected chi connectivity index (χ1v) is 6.73. The second-order valence-corrected chi connectivity index (χ2v) is 5.91. The molecule has 0 unspecified atom stereocenters. The Bertz CT molecular complexity index is 552. The average molecular weight is 276 g/mol. The number of hydrogen-bond donors (Lipinski definition) is 2. The van der Waals surface area contributed by atoms with Gasteiger partial charge in [0.05, 0.1) is 5.41 Å². The standard InChI is InChI=1S/C15H20N2O3/c1-15(2,14(19)20)9-17-12-7-6-11(16)8-10(12)4-3-5-13(17)18/h6-8H,3-5,9,16H2,1-2H3,(H,19,20). The van der Waals surface area contributed by atoms with E-state index in [0.29, 0.717) is 12.1 Å². The highest BCUT2D eigenvalue weighted by molar-refractivity contribution is 5.96. The number of aliphatic carboxylic acids is 1. The van der Waals surface area contributed by atoms with E-state index < -0.39 is 11.4 Å². The number of nitrogens with two attached hydrogens (primary N) is 1. The van der Waals surface area contributed by atoms with Gasteiger partial charge >= 0.3 is 5.97 Å². The van der Waals surface area contributed by atoms with Crippen molar-refractivity contribution in [3.05, 3.63) is 23.8 Å². The van der Waals surface area contributed by atoms with Crippen LogP contribution >= 0.6 is 0 Å². The van der Waals surface area contributed by atoms with Gasteiger partial charge in [-0.05, 0) is 50.5 Å². The second-order valence-electron chi connectivity index (χ2n) is 5.91. The van der Waals surface area contributed by atoms with Gasteiger partial charge in [-0.15, -0.1) is 0 Å². The number of anilines is 2. The summed E-state index contributed by atoms with van der Waals surface area (Å²) in [5.41, 5.74) is 7.27. The molecule has 1 aliphatic rings. The zero-order valence-electron chi connectivity index (χ0n) is 11.8. The molecule has 5 heteroatoms. The number of hydrogen-bond acceptors (Lipinski definition) is 3. The van der Waals surface area contributed by atoms with E-state index in [2.05, 4.69) is 0 Å². The summed E-state index contributed by atoms with van der Waals surface area (Å²) in [5.74, 6) is -0.936. The fourth-order valence-electron chi connectivity index (χ4n) is 2.40. The van der Waals surface area contributed by atoms with E-state index in [4.69, 9.17) is 5.73 Å². The van der Waals surface area contributed by atoms with Crippen LogP contribution in [0.4, 0.5) is 11.4 Å². The smallest absolute Gasteiger partial charge is 0.310 e. The Kier molecular flexibility index (Phi) is 3.70. The molecule has 2 rings (SSSR count). The van der Waals surface area contributed by atoms with Crippen LogP contribution in [0.3, 0.4) is 0 Å². The molecule has 0 saturated heterocycles. The van der Waals surface area contributed by atoms with Gasteiger partial charge in [0.25, 0.3) is 0 Å². The van der Waals surface area contributed by atoms with Gasteiger partial charge in [0.1, 0.15) is 0 Å². The number of carboxylic acids is 1. The van der Waals surface area contributed by atoms with Crippen molar-refractivity contribution >= 4 is 23.3 Å². The topological polar surface area (TPSA) is 83.6 Å². The largest absolute Gasteiger partial charge is 0.481 e. The highest BCUT2D eigenvalue weighted by Gasteiger charge is 2.33. The number of nitrogen functional groups attached to an aromatic ring is 1. The molecule has 0 radical (unpaired) electrons. The quantitative estimate of drug-likeness (QED) is 0.828. The first-order valence-electron chi connectivity index (χ1n) is 6.73. The molecule has 1 heterocycles. The molecular formula is C15H20N2O3. The van der Waals surface area contributed by atoms with Crippen LogP contribution < -0.4 is 10.6 Å². The molecule has 0 atom stereocenters. The highest BCUT2D eigenvalue weighted by Crippen LogP contribution is 2.31. The molecule has 108 valence electrons. The Balaban J connectivity index is 2.40. The predicted octanol–water partition coefficient (Wildman–Crippen LogP) is 2.05. The highest BCUT2D eigenvalue weighted by atomic mass is 16.4. The van der Waals surface area contributed by atoms with E-state index in [1.165, 1.54) is 0 Å². The molecule has 1 aliphatic heterocycles. The maximum Gasteiger partial charge on any atom is 0.310 e.